The maximum Gasteiger partial charge on any atom is 0.240 e. The number of hydrogen-bond donors (Lipinski definition) is 2. The first-order valence-corrected chi connectivity index (χ1v) is 13.6. The highest BCUT2D eigenvalue weighted by Crippen LogP contribution is 2.37. The highest BCUT2D eigenvalue weighted by atomic mass is 79.9. The number of hydrogen-bond acceptors (Lipinski definition) is 6. The Labute approximate surface area is 239 Å². The van der Waals surface area contributed by atoms with Crippen molar-refractivity contribution in [3.05, 3.63) is 80.7 Å². The number of nitrogens with one attached hydrogen (secondary N) is 2. The minimum Gasteiger partial charge on any atom is -0.494 e. The van der Waals surface area contributed by atoms with Crippen LogP contribution in [0.2, 0.25) is 0 Å². The van der Waals surface area contributed by atoms with Gasteiger partial charge in [-0.05, 0) is 89.4 Å². The summed E-state index contributed by atoms with van der Waals surface area (Å²) in [7, 11) is 0. The van der Waals surface area contributed by atoms with Gasteiger partial charge in [0.1, 0.15) is 12.4 Å². The third kappa shape index (κ3) is 9.50. The quantitative estimate of drug-likeness (QED) is 0.164. The lowest BCUT2D eigenvalue weighted by Gasteiger charge is -2.14. The van der Waals surface area contributed by atoms with Gasteiger partial charge in [0.15, 0.2) is 11.5 Å². The average Bonchev–Trinajstić information content (AvgIpc) is 2.89. The monoisotopic (exact) mass is 645 g/mol. The van der Waals surface area contributed by atoms with Crippen LogP contribution in [0.3, 0.4) is 0 Å². The van der Waals surface area contributed by atoms with Crippen molar-refractivity contribution in [2.45, 2.75) is 33.3 Å². The van der Waals surface area contributed by atoms with Gasteiger partial charge in [0.25, 0.3) is 0 Å². The molecule has 0 bridgehead atoms. The van der Waals surface area contributed by atoms with Gasteiger partial charge in [-0.2, -0.15) is 5.10 Å². The molecular weight excluding hydrogens is 618 g/mol. The third-order valence-electron chi connectivity index (χ3n) is 5.06. The Balaban J connectivity index is 1.51. The number of anilines is 1. The Kier molecular flexibility index (Phi) is 11.6. The van der Waals surface area contributed by atoms with Gasteiger partial charge in [-0.15, -0.1) is 0 Å². The second kappa shape index (κ2) is 15.1. The lowest BCUT2D eigenvalue weighted by molar-refractivity contribution is -0.124. The Morgan fingerprint density at radius 1 is 0.868 bits per heavy atom. The zero-order chi connectivity index (χ0) is 27.3. The first-order chi connectivity index (χ1) is 18.4. The number of nitrogens with zero attached hydrogens (tertiary/aromatic N) is 1. The van der Waals surface area contributed by atoms with E-state index < -0.39 is 0 Å². The van der Waals surface area contributed by atoms with Gasteiger partial charge in [0.2, 0.25) is 11.8 Å². The van der Waals surface area contributed by atoms with Crippen LogP contribution in [0, 0.1) is 0 Å². The summed E-state index contributed by atoms with van der Waals surface area (Å²) in [5, 5.41) is 6.77. The number of benzene rings is 3. The van der Waals surface area contributed by atoms with Gasteiger partial charge in [-0.1, -0.05) is 28.1 Å². The number of carbonyl (C=O) groups is 2. The summed E-state index contributed by atoms with van der Waals surface area (Å²) >= 11 is 6.97. The number of hydrazone groups is 1. The molecule has 3 rings (SSSR count). The Bertz CT molecular complexity index is 1250. The van der Waals surface area contributed by atoms with Crippen molar-refractivity contribution in [3.8, 4) is 17.2 Å². The molecule has 38 heavy (non-hydrogen) atoms. The summed E-state index contributed by atoms with van der Waals surface area (Å²) in [5.41, 5.74) is 4.80. The summed E-state index contributed by atoms with van der Waals surface area (Å²) in [6.07, 6.45) is 1.53. The molecule has 3 aromatic rings. The molecule has 200 valence electrons. The first-order valence-electron chi connectivity index (χ1n) is 12.1. The molecule has 3 aromatic carbocycles. The zero-order valence-electron chi connectivity index (χ0n) is 21.1. The normalized spacial score (nSPS) is 10.7. The van der Waals surface area contributed by atoms with Crippen LogP contribution in [0.5, 0.6) is 17.2 Å². The molecule has 2 N–H and O–H groups in total. The number of rotatable bonds is 13. The van der Waals surface area contributed by atoms with Crippen molar-refractivity contribution in [3.63, 3.8) is 0 Å². The molecular formula is C28H29Br2N3O5. The molecule has 0 heterocycles. The molecule has 0 aliphatic rings. The van der Waals surface area contributed by atoms with Gasteiger partial charge in [0, 0.05) is 23.0 Å². The van der Waals surface area contributed by atoms with Gasteiger partial charge in [-0.3, -0.25) is 9.59 Å². The molecule has 0 spiro atoms. The molecule has 0 aliphatic carbocycles. The van der Waals surface area contributed by atoms with Crippen molar-refractivity contribution in [2.24, 2.45) is 5.10 Å². The predicted octanol–water partition coefficient (Wildman–Crippen LogP) is 6.46. The van der Waals surface area contributed by atoms with E-state index in [2.05, 4.69) is 47.7 Å². The van der Waals surface area contributed by atoms with Crippen LogP contribution >= 0.6 is 31.9 Å². The van der Waals surface area contributed by atoms with Gasteiger partial charge >= 0.3 is 0 Å². The van der Waals surface area contributed by atoms with E-state index in [9.17, 15) is 9.59 Å². The molecule has 0 saturated heterocycles. The molecule has 0 unspecified atom stereocenters. The fourth-order valence-electron chi connectivity index (χ4n) is 3.29. The summed E-state index contributed by atoms with van der Waals surface area (Å²) < 4.78 is 18.8. The van der Waals surface area contributed by atoms with Crippen molar-refractivity contribution in [2.75, 3.05) is 18.5 Å². The highest BCUT2D eigenvalue weighted by molar-refractivity contribution is 9.10. The third-order valence-corrected chi connectivity index (χ3v) is 6.18. The van der Waals surface area contributed by atoms with Crippen LogP contribution in [0.1, 0.15) is 37.8 Å². The largest absolute Gasteiger partial charge is 0.494 e. The lowest BCUT2D eigenvalue weighted by atomic mass is 10.2. The van der Waals surface area contributed by atoms with Crippen molar-refractivity contribution >= 4 is 55.6 Å². The molecule has 0 aromatic heterocycles. The fraction of sp³-hybridized carbons (Fsp3) is 0.250. The minimum atomic E-state index is -0.373. The number of carbonyl (C=O) groups excluding carboxylic acids is 2. The van der Waals surface area contributed by atoms with Crippen LogP contribution in [0.15, 0.2) is 74.7 Å². The molecule has 2 amide bonds. The molecule has 0 aliphatic heterocycles. The number of amides is 2. The molecule has 0 radical (unpaired) electrons. The molecule has 0 saturated carbocycles. The predicted molar refractivity (Wildman–Crippen MR) is 155 cm³/mol. The molecule has 0 atom stereocenters. The van der Waals surface area contributed by atoms with E-state index >= 15 is 0 Å². The van der Waals surface area contributed by atoms with Gasteiger partial charge in [0.05, 0.1) is 23.9 Å². The highest BCUT2D eigenvalue weighted by Gasteiger charge is 2.13. The second-order valence-corrected chi connectivity index (χ2v) is 9.75. The first kappa shape index (κ1) is 29.2. The zero-order valence-corrected chi connectivity index (χ0v) is 24.3. The summed E-state index contributed by atoms with van der Waals surface area (Å²) in [6.45, 7) is 5.19. The van der Waals surface area contributed by atoms with Crippen LogP contribution in [0.4, 0.5) is 5.69 Å². The Hall–Kier alpha value is -3.37. The summed E-state index contributed by atoms with van der Waals surface area (Å²) in [4.78, 5) is 24.3. The number of ether oxygens (including phenoxy) is 3. The van der Waals surface area contributed by atoms with Gasteiger partial charge in [-0.25, -0.2) is 5.43 Å². The van der Waals surface area contributed by atoms with Crippen LogP contribution in [0.25, 0.3) is 0 Å². The van der Waals surface area contributed by atoms with Crippen LogP contribution in [-0.4, -0.2) is 31.2 Å². The Morgan fingerprint density at radius 2 is 1.55 bits per heavy atom. The standard InChI is InChI=1S/C28H29Br2N3O5/c1-3-36-23-11-9-22(10-12-23)32-26(34)13-14-27(35)33-31-17-20-15-24(30)28(25(16-20)37-4-2)38-18-19-5-7-21(29)8-6-19/h5-12,15-17H,3-4,13-14,18H2,1-2H3,(H,32,34)(H,33,35). The Morgan fingerprint density at radius 3 is 2.24 bits per heavy atom. The van der Waals surface area contributed by atoms with E-state index in [1.54, 1.807) is 30.3 Å². The van der Waals surface area contributed by atoms with E-state index in [0.717, 1.165) is 15.8 Å². The van der Waals surface area contributed by atoms with Crippen LogP contribution < -0.4 is 25.0 Å². The lowest BCUT2D eigenvalue weighted by Crippen LogP contribution is -2.20. The summed E-state index contributed by atoms with van der Waals surface area (Å²) in [5.74, 6) is 1.22. The van der Waals surface area contributed by atoms with E-state index in [1.165, 1.54) is 6.21 Å². The maximum absolute atomic E-state index is 12.2. The van der Waals surface area contributed by atoms with Crippen molar-refractivity contribution in [1.82, 2.24) is 5.43 Å². The van der Waals surface area contributed by atoms with E-state index in [1.807, 2.05) is 44.2 Å². The fourth-order valence-corrected chi connectivity index (χ4v) is 4.13. The SMILES string of the molecule is CCOc1ccc(NC(=O)CCC(=O)NN=Cc2cc(Br)c(OCc3ccc(Br)cc3)c(OCC)c2)cc1. The topological polar surface area (TPSA) is 98.2 Å². The summed E-state index contributed by atoms with van der Waals surface area (Å²) in [6, 6.07) is 18.5. The molecule has 0 fully saturated rings. The van der Waals surface area contributed by atoms with Crippen molar-refractivity contribution < 1.29 is 23.8 Å². The van der Waals surface area contributed by atoms with Crippen LogP contribution in [-0.2, 0) is 16.2 Å². The van der Waals surface area contributed by atoms with E-state index in [0.29, 0.717) is 47.0 Å². The van der Waals surface area contributed by atoms with E-state index in [-0.39, 0.29) is 24.7 Å². The second-order valence-electron chi connectivity index (χ2n) is 7.98. The molecule has 10 heteroatoms. The smallest absolute Gasteiger partial charge is 0.240 e. The minimum absolute atomic E-state index is 0.00305. The van der Waals surface area contributed by atoms with Gasteiger partial charge < -0.3 is 19.5 Å². The average molecular weight is 647 g/mol. The number of halogens is 2. The van der Waals surface area contributed by atoms with E-state index in [4.69, 9.17) is 14.2 Å². The molecule has 8 nitrogen and oxygen atoms in total. The van der Waals surface area contributed by atoms with Crippen molar-refractivity contribution in [1.29, 1.82) is 0 Å². The maximum atomic E-state index is 12.2.